The monoisotopic (exact) mass is 310 g/mol. The molecule has 0 unspecified atom stereocenters. The smallest absolute Gasteiger partial charge is 0.0181 e. The number of hydrogen-bond donors (Lipinski definition) is 0. The van der Waals surface area contributed by atoms with Crippen LogP contribution in [0.1, 0.15) is 24.0 Å². The van der Waals surface area contributed by atoms with Gasteiger partial charge in [-0.15, -0.1) is 0 Å². The predicted molar refractivity (Wildman–Crippen MR) is 83.1 cm³/mol. The minimum atomic E-state index is 1.08. The molecule has 0 amide bonds. The summed E-state index contributed by atoms with van der Waals surface area (Å²) in [5.74, 6) is 0. The Balaban J connectivity index is 2.23. The van der Waals surface area contributed by atoms with E-state index in [0.717, 1.165) is 10.9 Å². The fraction of sp³-hybridized carbons (Fsp3) is 0.222. The van der Waals surface area contributed by atoms with Gasteiger partial charge in [0.15, 0.2) is 0 Å². The lowest BCUT2D eigenvalue weighted by Gasteiger charge is -2.16. The van der Waals surface area contributed by atoms with Crippen molar-refractivity contribution in [2.45, 2.75) is 25.7 Å². The van der Waals surface area contributed by atoms with Crippen LogP contribution in [0.3, 0.4) is 0 Å². The van der Waals surface area contributed by atoms with E-state index in [4.69, 9.17) is 0 Å². The van der Waals surface area contributed by atoms with E-state index >= 15 is 0 Å². The van der Waals surface area contributed by atoms with Crippen LogP contribution in [0.4, 0.5) is 0 Å². The van der Waals surface area contributed by atoms with Crippen molar-refractivity contribution < 1.29 is 0 Å². The molecule has 2 aliphatic carbocycles. The van der Waals surface area contributed by atoms with Gasteiger partial charge in [-0.25, -0.2) is 0 Å². The van der Waals surface area contributed by atoms with Crippen molar-refractivity contribution in [1.82, 2.24) is 0 Å². The first-order chi connectivity index (χ1) is 9.33. The molecule has 0 aromatic heterocycles. The zero-order chi connectivity index (χ0) is 12.8. The molecule has 94 valence electrons. The molecular formula is C18H15Br. The molecule has 19 heavy (non-hydrogen) atoms. The zero-order valence-electron chi connectivity index (χ0n) is 10.7. The van der Waals surface area contributed by atoms with Crippen LogP contribution in [-0.4, -0.2) is 0 Å². The summed E-state index contributed by atoms with van der Waals surface area (Å²) < 4.78 is 1.16. The highest BCUT2D eigenvalue weighted by Gasteiger charge is 2.11. The molecule has 2 aromatic carbocycles. The van der Waals surface area contributed by atoms with Crippen LogP contribution in [0.15, 0.2) is 34.8 Å². The molecule has 0 spiro atoms. The first-order valence-corrected chi connectivity index (χ1v) is 7.73. The van der Waals surface area contributed by atoms with E-state index in [-0.39, 0.29) is 0 Å². The molecule has 0 nitrogen and oxygen atoms in total. The van der Waals surface area contributed by atoms with E-state index in [1.54, 1.807) is 11.1 Å². The van der Waals surface area contributed by atoms with E-state index in [1.165, 1.54) is 40.1 Å². The van der Waals surface area contributed by atoms with Gasteiger partial charge >= 0.3 is 0 Å². The Morgan fingerprint density at radius 2 is 1.74 bits per heavy atom. The maximum Gasteiger partial charge on any atom is 0.0181 e. The fourth-order valence-electron chi connectivity index (χ4n) is 3.37. The topological polar surface area (TPSA) is 0 Å². The summed E-state index contributed by atoms with van der Waals surface area (Å²) in [4.78, 5) is 0. The van der Waals surface area contributed by atoms with Crippen LogP contribution in [0.2, 0.25) is 0 Å². The lowest BCUT2D eigenvalue weighted by Crippen LogP contribution is -2.19. The molecule has 0 saturated heterocycles. The van der Waals surface area contributed by atoms with Gasteiger partial charge in [0.1, 0.15) is 0 Å². The lowest BCUT2D eigenvalue weighted by atomic mass is 9.89. The zero-order valence-corrected chi connectivity index (χ0v) is 12.3. The Morgan fingerprint density at radius 1 is 0.842 bits per heavy atom. The van der Waals surface area contributed by atoms with Crippen LogP contribution in [-0.2, 0) is 12.8 Å². The highest BCUT2D eigenvalue weighted by molar-refractivity contribution is 9.10. The Morgan fingerprint density at radius 3 is 2.68 bits per heavy atom. The molecule has 2 aliphatic rings. The lowest BCUT2D eigenvalue weighted by molar-refractivity contribution is 0.824. The van der Waals surface area contributed by atoms with Crippen LogP contribution in [0, 0.1) is 10.4 Å². The van der Waals surface area contributed by atoms with Gasteiger partial charge in [-0.2, -0.15) is 0 Å². The molecule has 0 heterocycles. The first kappa shape index (κ1) is 11.5. The van der Waals surface area contributed by atoms with Crippen molar-refractivity contribution in [2.75, 3.05) is 0 Å². The molecule has 0 atom stereocenters. The summed E-state index contributed by atoms with van der Waals surface area (Å²) in [6.07, 6.45) is 9.63. The fourth-order valence-corrected chi connectivity index (χ4v) is 3.73. The molecule has 0 aliphatic heterocycles. The third kappa shape index (κ3) is 1.80. The van der Waals surface area contributed by atoms with Gasteiger partial charge in [0.05, 0.1) is 0 Å². The second kappa shape index (κ2) is 4.35. The second-order valence-electron chi connectivity index (χ2n) is 5.40. The number of fused-ring (bicyclic) bond motifs is 4. The maximum absolute atomic E-state index is 3.60. The van der Waals surface area contributed by atoms with Crippen molar-refractivity contribution >= 4 is 28.1 Å². The highest BCUT2D eigenvalue weighted by Crippen LogP contribution is 2.18. The standard InChI is InChI=1S/C18H15Br/c19-14-8-5-13-7-9-16-15-4-2-1-3-12(15)6-10-17(16)18(13)11-14/h3,5-8,10-11H,1-2,4,9H2. The first-order valence-electron chi connectivity index (χ1n) is 6.94. The Hall–Kier alpha value is -1.34. The summed E-state index contributed by atoms with van der Waals surface area (Å²) in [6.45, 7) is 0. The molecule has 0 N–H and O–H groups in total. The average Bonchev–Trinajstić information content (AvgIpc) is 2.46. The summed E-state index contributed by atoms with van der Waals surface area (Å²) in [5, 5.41) is 5.66. The molecule has 0 fully saturated rings. The van der Waals surface area contributed by atoms with Crippen LogP contribution in [0.5, 0.6) is 0 Å². The number of rotatable bonds is 0. The second-order valence-corrected chi connectivity index (χ2v) is 6.31. The van der Waals surface area contributed by atoms with E-state index in [9.17, 15) is 0 Å². The van der Waals surface area contributed by atoms with Gasteiger partial charge in [-0.3, -0.25) is 0 Å². The largest absolute Gasteiger partial charge is 0.0770 e. The average molecular weight is 311 g/mol. The number of hydrogen-bond acceptors (Lipinski definition) is 0. The van der Waals surface area contributed by atoms with Crippen LogP contribution in [0.25, 0.3) is 12.2 Å². The predicted octanol–water partition coefficient (Wildman–Crippen LogP) is 3.19. The molecule has 4 rings (SSSR count). The molecule has 0 saturated carbocycles. The van der Waals surface area contributed by atoms with Gasteiger partial charge in [0.2, 0.25) is 0 Å². The SMILES string of the molecule is Brc1ccc2c(c1)=c1ccc3c(c1CC=2)CCCC=3. The van der Waals surface area contributed by atoms with Gasteiger partial charge in [0.25, 0.3) is 0 Å². The third-order valence-electron chi connectivity index (χ3n) is 4.29. The highest BCUT2D eigenvalue weighted by atomic mass is 79.9. The van der Waals surface area contributed by atoms with Crippen molar-refractivity contribution in [3.05, 3.63) is 66.8 Å². The quantitative estimate of drug-likeness (QED) is 0.701. The van der Waals surface area contributed by atoms with Crippen molar-refractivity contribution in [1.29, 1.82) is 0 Å². The van der Waals surface area contributed by atoms with Crippen molar-refractivity contribution in [2.24, 2.45) is 0 Å². The van der Waals surface area contributed by atoms with E-state index in [2.05, 4.69) is 58.4 Å². The van der Waals surface area contributed by atoms with E-state index in [0.29, 0.717) is 0 Å². The minimum Gasteiger partial charge on any atom is -0.0770 e. The third-order valence-corrected chi connectivity index (χ3v) is 4.79. The Kier molecular flexibility index (Phi) is 2.63. The normalized spacial score (nSPS) is 15.6. The minimum absolute atomic E-state index is 1.08. The molecular weight excluding hydrogens is 296 g/mol. The van der Waals surface area contributed by atoms with E-state index < -0.39 is 0 Å². The van der Waals surface area contributed by atoms with Gasteiger partial charge in [0, 0.05) is 4.47 Å². The molecule has 0 radical (unpaired) electrons. The summed E-state index contributed by atoms with van der Waals surface area (Å²) in [6, 6.07) is 11.2. The summed E-state index contributed by atoms with van der Waals surface area (Å²) >= 11 is 3.60. The Labute approximate surface area is 120 Å². The maximum atomic E-state index is 3.60. The van der Waals surface area contributed by atoms with Crippen LogP contribution >= 0.6 is 15.9 Å². The van der Waals surface area contributed by atoms with Gasteiger partial charge < -0.3 is 0 Å². The van der Waals surface area contributed by atoms with Crippen molar-refractivity contribution in [3.63, 3.8) is 0 Å². The van der Waals surface area contributed by atoms with Gasteiger partial charge in [-0.1, -0.05) is 46.3 Å². The molecule has 2 aromatic rings. The number of halogens is 1. The van der Waals surface area contributed by atoms with Crippen molar-refractivity contribution in [3.8, 4) is 0 Å². The summed E-state index contributed by atoms with van der Waals surface area (Å²) in [7, 11) is 0. The van der Waals surface area contributed by atoms with Gasteiger partial charge in [-0.05, 0) is 69.8 Å². The molecule has 1 heteroatoms. The number of benzene rings is 2. The Bertz CT molecular complexity index is 875. The van der Waals surface area contributed by atoms with E-state index in [1.807, 2.05) is 0 Å². The van der Waals surface area contributed by atoms with Crippen LogP contribution < -0.4 is 10.4 Å². The molecule has 0 bridgehead atoms. The summed E-state index contributed by atoms with van der Waals surface area (Å²) in [5.41, 5.74) is 3.14.